The fourth-order valence-electron chi connectivity index (χ4n) is 2.37. The summed E-state index contributed by atoms with van der Waals surface area (Å²) in [6.07, 6.45) is 0.951. The van der Waals surface area contributed by atoms with E-state index in [1.807, 2.05) is 19.1 Å². The van der Waals surface area contributed by atoms with Crippen molar-refractivity contribution in [1.29, 1.82) is 0 Å². The molecule has 4 nitrogen and oxygen atoms in total. The van der Waals surface area contributed by atoms with Crippen molar-refractivity contribution in [3.8, 4) is 0 Å². The molecule has 98 valence electrons. The van der Waals surface area contributed by atoms with Crippen LogP contribution < -0.4 is 4.90 Å². The average molecular weight is 249 g/mol. The number of carbonyl (C=O) groups is 1. The lowest BCUT2D eigenvalue weighted by Gasteiger charge is -2.37. The summed E-state index contributed by atoms with van der Waals surface area (Å²) in [5, 5.41) is 9.29. The molecule has 0 amide bonds. The third-order valence-electron chi connectivity index (χ3n) is 3.39. The highest BCUT2D eigenvalue weighted by molar-refractivity contribution is 5.94. The second-order valence-electron chi connectivity index (χ2n) is 4.66. The number of morpholine rings is 1. The largest absolute Gasteiger partial charge is 0.478 e. The van der Waals surface area contributed by atoms with Crippen LogP contribution in [-0.2, 0) is 4.74 Å². The molecular weight excluding hydrogens is 230 g/mol. The molecule has 1 heterocycles. The summed E-state index contributed by atoms with van der Waals surface area (Å²) in [4.78, 5) is 13.5. The Kier molecular flexibility index (Phi) is 3.87. The molecular formula is C14H19NO3. The molecule has 1 aromatic rings. The molecule has 1 fully saturated rings. The summed E-state index contributed by atoms with van der Waals surface area (Å²) < 4.78 is 5.47. The number of aryl methyl sites for hydroxylation is 1. The number of nitrogens with zero attached hydrogens (tertiary/aromatic N) is 1. The van der Waals surface area contributed by atoms with Gasteiger partial charge in [0.05, 0.1) is 30.5 Å². The van der Waals surface area contributed by atoms with Gasteiger partial charge in [-0.15, -0.1) is 0 Å². The fourth-order valence-corrected chi connectivity index (χ4v) is 2.37. The lowest BCUT2D eigenvalue weighted by atomic mass is 10.1. The van der Waals surface area contributed by atoms with Crippen molar-refractivity contribution >= 4 is 11.7 Å². The molecule has 1 aromatic carbocycles. The standard InChI is InChI=1S/C14H19NO3/c1-3-11-9-18-7-6-15(11)13-8-10(2)4-5-12(13)14(16)17/h4-5,8,11H,3,6-7,9H2,1-2H3,(H,16,17). The number of aromatic carboxylic acids is 1. The molecule has 1 unspecified atom stereocenters. The minimum Gasteiger partial charge on any atom is -0.478 e. The van der Waals surface area contributed by atoms with Crippen molar-refractivity contribution in [3.63, 3.8) is 0 Å². The lowest BCUT2D eigenvalue weighted by Crippen LogP contribution is -2.45. The number of hydrogen-bond acceptors (Lipinski definition) is 3. The van der Waals surface area contributed by atoms with Crippen molar-refractivity contribution in [1.82, 2.24) is 0 Å². The third-order valence-corrected chi connectivity index (χ3v) is 3.39. The lowest BCUT2D eigenvalue weighted by molar-refractivity contribution is 0.0694. The van der Waals surface area contributed by atoms with E-state index in [4.69, 9.17) is 4.74 Å². The second kappa shape index (κ2) is 5.40. The van der Waals surface area contributed by atoms with E-state index in [2.05, 4.69) is 11.8 Å². The Labute approximate surface area is 107 Å². The average Bonchev–Trinajstić information content (AvgIpc) is 2.38. The Morgan fingerprint density at radius 3 is 3.00 bits per heavy atom. The van der Waals surface area contributed by atoms with Crippen LogP contribution >= 0.6 is 0 Å². The van der Waals surface area contributed by atoms with Gasteiger partial charge in [0.15, 0.2) is 0 Å². The van der Waals surface area contributed by atoms with Crippen LogP contribution in [0.1, 0.15) is 29.3 Å². The van der Waals surface area contributed by atoms with Crippen molar-refractivity contribution < 1.29 is 14.6 Å². The molecule has 1 N–H and O–H groups in total. The molecule has 1 saturated heterocycles. The monoisotopic (exact) mass is 249 g/mol. The van der Waals surface area contributed by atoms with Gasteiger partial charge in [0.1, 0.15) is 0 Å². The zero-order valence-corrected chi connectivity index (χ0v) is 10.8. The molecule has 1 atom stereocenters. The van der Waals surface area contributed by atoms with Gasteiger partial charge in [0.25, 0.3) is 0 Å². The highest BCUT2D eigenvalue weighted by atomic mass is 16.5. The van der Waals surface area contributed by atoms with Gasteiger partial charge in [-0.25, -0.2) is 4.79 Å². The summed E-state index contributed by atoms with van der Waals surface area (Å²) in [5.74, 6) is -0.869. The number of anilines is 1. The number of carboxylic acid groups (broad SMARTS) is 1. The number of ether oxygens (including phenoxy) is 1. The number of hydrogen-bond donors (Lipinski definition) is 1. The zero-order valence-electron chi connectivity index (χ0n) is 10.8. The number of rotatable bonds is 3. The van der Waals surface area contributed by atoms with Crippen LogP contribution in [0.3, 0.4) is 0 Å². The first-order chi connectivity index (χ1) is 8.63. The van der Waals surface area contributed by atoms with Gasteiger partial charge < -0.3 is 14.7 Å². The van der Waals surface area contributed by atoms with Gasteiger partial charge in [0, 0.05) is 6.54 Å². The highest BCUT2D eigenvalue weighted by Crippen LogP contribution is 2.26. The molecule has 1 aliphatic rings. The minimum atomic E-state index is -0.869. The summed E-state index contributed by atoms with van der Waals surface area (Å²) in [5.41, 5.74) is 2.27. The van der Waals surface area contributed by atoms with E-state index in [1.165, 1.54) is 0 Å². The Morgan fingerprint density at radius 1 is 1.56 bits per heavy atom. The van der Waals surface area contributed by atoms with Gasteiger partial charge in [-0.1, -0.05) is 13.0 Å². The van der Waals surface area contributed by atoms with Gasteiger partial charge in [-0.05, 0) is 31.0 Å². The maximum Gasteiger partial charge on any atom is 0.337 e. The fraction of sp³-hybridized carbons (Fsp3) is 0.500. The van der Waals surface area contributed by atoms with E-state index in [9.17, 15) is 9.90 Å². The topological polar surface area (TPSA) is 49.8 Å². The number of benzene rings is 1. The predicted octanol–water partition coefficient (Wildman–Crippen LogP) is 2.31. The first-order valence-corrected chi connectivity index (χ1v) is 6.31. The van der Waals surface area contributed by atoms with Crippen LogP contribution in [0, 0.1) is 6.92 Å². The second-order valence-corrected chi connectivity index (χ2v) is 4.66. The predicted molar refractivity (Wildman–Crippen MR) is 70.4 cm³/mol. The summed E-state index contributed by atoms with van der Waals surface area (Å²) in [7, 11) is 0. The van der Waals surface area contributed by atoms with E-state index < -0.39 is 5.97 Å². The smallest absolute Gasteiger partial charge is 0.337 e. The molecule has 0 radical (unpaired) electrons. The summed E-state index contributed by atoms with van der Waals surface area (Å²) in [6, 6.07) is 5.75. The Bertz CT molecular complexity index is 445. The maximum absolute atomic E-state index is 11.3. The SMILES string of the molecule is CCC1COCCN1c1cc(C)ccc1C(=O)O. The van der Waals surface area contributed by atoms with Crippen molar-refractivity contribution in [3.05, 3.63) is 29.3 Å². The first-order valence-electron chi connectivity index (χ1n) is 6.31. The Hall–Kier alpha value is -1.55. The van der Waals surface area contributed by atoms with Crippen molar-refractivity contribution in [2.24, 2.45) is 0 Å². The molecule has 18 heavy (non-hydrogen) atoms. The molecule has 0 saturated carbocycles. The van der Waals surface area contributed by atoms with Gasteiger partial charge >= 0.3 is 5.97 Å². The van der Waals surface area contributed by atoms with Crippen LogP contribution in [0.4, 0.5) is 5.69 Å². The molecule has 0 bridgehead atoms. The van der Waals surface area contributed by atoms with Crippen LogP contribution in [0.2, 0.25) is 0 Å². The van der Waals surface area contributed by atoms with Crippen LogP contribution in [0.15, 0.2) is 18.2 Å². The van der Waals surface area contributed by atoms with Crippen LogP contribution in [0.5, 0.6) is 0 Å². The van der Waals surface area contributed by atoms with Crippen molar-refractivity contribution in [2.45, 2.75) is 26.3 Å². The quantitative estimate of drug-likeness (QED) is 0.893. The zero-order chi connectivity index (χ0) is 13.1. The van der Waals surface area contributed by atoms with Crippen LogP contribution in [-0.4, -0.2) is 36.9 Å². The van der Waals surface area contributed by atoms with E-state index in [1.54, 1.807) is 6.07 Å². The normalized spacial score (nSPS) is 19.9. The molecule has 0 aliphatic carbocycles. The van der Waals surface area contributed by atoms with Crippen LogP contribution in [0.25, 0.3) is 0 Å². The summed E-state index contributed by atoms with van der Waals surface area (Å²) in [6.45, 7) is 6.16. The maximum atomic E-state index is 11.3. The highest BCUT2D eigenvalue weighted by Gasteiger charge is 2.25. The van der Waals surface area contributed by atoms with E-state index in [0.717, 1.165) is 24.2 Å². The molecule has 0 spiro atoms. The Balaban J connectivity index is 2.41. The third kappa shape index (κ3) is 2.48. The molecule has 1 aliphatic heterocycles. The van der Waals surface area contributed by atoms with Gasteiger partial charge in [0.2, 0.25) is 0 Å². The molecule has 0 aromatic heterocycles. The van der Waals surface area contributed by atoms with E-state index in [-0.39, 0.29) is 6.04 Å². The minimum absolute atomic E-state index is 0.263. The molecule has 2 rings (SSSR count). The Morgan fingerprint density at radius 2 is 2.33 bits per heavy atom. The van der Waals surface area contributed by atoms with E-state index in [0.29, 0.717) is 18.8 Å². The van der Waals surface area contributed by atoms with E-state index >= 15 is 0 Å². The molecule has 4 heteroatoms. The first kappa shape index (κ1) is 12.9. The summed E-state index contributed by atoms with van der Waals surface area (Å²) >= 11 is 0. The van der Waals surface area contributed by atoms with Crippen molar-refractivity contribution in [2.75, 3.05) is 24.7 Å². The van der Waals surface area contributed by atoms with Gasteiger partial charge in [-0.2, -0.15) is 0 Å². The van der Waals surface area contributed by atoms with Gasteiger partial charge in [-0.3, -0.25) is 0 Å². The number of carboxylic acids is 1.